The zero-order chi connectivity index (χ0) is 20.1. The number of aliphatic carboxylic acids is 1. The number of benzene rings is 1. The van der Waals surface area contributed by atoms with Crippen LogP contribution in [0.2, 0.25) is 0 Å². The van der Waals surface area contributed by atoms with Crippen molar-refractivity contribution in [3.05, 3.63) is 23.8 Å². The minimum absolute atomic E-state index is 0.232. The average Bonchev–Trinajstić information content (AvgIpc) is 3.21. The summed E-state index contributed by atoms with van der Waals surface area (Å²) in [4.78, 5) is 24.6. The first-order valence-electron chi connectivity index (χ1n) is 9.62. The van der Waals surface area contributed by atoms with Gasteiger partial charge in [0.2, 0.25) is 0 Å². The normalized spacial score (nSPS) is 18.9. The smallest absolute Gasteiger partial charge is 0.363 e. The van der Waals surface area contributed by atoms with E-state index < -0.39 is 17.6 Å². The summed E-state index contributed by atoms with van der Waals surface area (Å²) in [5.41, 5.74) is 0.269. The number of hydrogen-bond acceptors (Lipinski definition) is 6. The van der Waals surface area contributed by atoms with Gasteiger partial charge in [0.1, 0.15) is 0 Å². The molecule has 1 saturated carbocycles. The van der Waals surface area contributed by atoms with Crippen molar-refractivity contribution in [3.63, 3.8) is 0 Å². The number of carbonyl (C=O) groups is 2. The maximum Gasteiger partial charge on any atom is 0.363 e. The molecule has 1 aliphatic carbocycles. The molecule has 1 heterocycles. The number of rotatable bonds is 6. The molecule has 2 aliphatic rings. The Kier molecular flexibility index (Phi) is 6.38. The second-order valence-electron chi connectivity index (χ2n) is 7.25. The average molecular weight is 390 g/mol. The number of methoxy groups -OCH3 is 1. The first-order chi connectivity index (χ1) is 13.5. The fraction of sp³-hybridized carbons (Fsp3) is 0.550. The van der Waals surface area contributed by atoms with Crippen molar-refractivity contribution in [2.24, 2.45) is 5.16 Å². The van der Waals surface area contributed by atoms with Gasteiger partial charge in [0.15, 0.2) is 11.5 Å². The lowest BCUT2D eigenvalue weighted by atomic mass is 9.89. The van der Waals surface area contributed by atoms with Gasteiger partial charge in [-0.2, -0.15) is 0 Å². The Morgan fingerprint density at radius 1 is 1.11 bits per heavy atom. The highest BCUT2D eigenvalue weighted by atomic mass is 16.5. The largest absolute Gasteiger partial charge is 0.493 e. The zero-order valence-electron chi connectivity index (χ0n) is 16.0. The Labute approximate surface area is 163 Å². The minimum Gasteiger partial charge on any atom is -0.493 e. The minimum atomic E-state index is -1.53. The van der Waals surface area contributed by atoms with E-state index in [1.54, 1.807) is 7.11 Å². The molecule has 0 atom stereocenters. The van der Waals surface area contributed by atoms with E-state index in [9.17, 15) is 9.59 Å². The summed E-state index contributed by atoms with van der Waals surface area (Å²) in [6.45, 7) is 0.807. The molecule has 1 amide bonds. The van der Waals surface area contributed by atoms with Crippen molar-refractivity contribution < 1.29 is 29.4 Å². The van der Waals surface area contributed by atoms with E-state index in [1.807, 2.05) is 18.2 Å². The summed E-state index contributed by atoms with van der Waals surface area (Å²) in [5, 5.41) is 20.3. The Balaban J connectivity index is 1.66. The van der Waals surface area contributed by atoms with E-state index in [0.717, 1.165) is 24.2 Å². The third-order valence-electron chi connectivity index (χ3n) is 5.54. The van der Waals surface area contributed by atoms with E-state index in [-0.39, 0.29) is 12.0 Å². The number of hydrogen-bond donors (Lipinski definition) is 2. The fourth-order valence-electron chi connectivity index (χ4n) is 3.97. The molecule has 0 radical (unpaired) electrons. The number of piperidine rings is 1. The van der Waals surface area contributed by atoms with Crippen LogP contribution in [-0.4, -0.2) is 59.1 Å². The van der Waals surface area contributed by atoms with Gasteiger partial charge in [0.25, 0.3) is 11.6 Å². The van der Waals surface area contributed by atoms with Gasteiger partial charge < -0.3 is 24.7 Å². The number of amides is 1. The van der Waals surface area contributed by atoms with Crippen LogP contribution < -0.4 is 9.47 Å². The van der Waals surface area contributed by atoms with E-state index >= 15 is 0 Å². The van der Waals surface area contributed by atoms with Crippen LogP contribution in [0.1, 0.15) is 50.0 Å². The quantitative estimate of drug-likeness (QED) is 0.335. The Morgan fingerprint density at radius 3 is 2.36 bits per heavy atom. The summed E-state index contributed by atoms with van der Waals surface area (Å²) in [5.74, 6) is -0.577. The molecule has 2 N–H and O–H groups in total. The molecule has 0 unspecified atom stereocenters. The molecule has 2 fully saturated rings. The first kappa shape index (κ1) is 20.0. The molecule has 8 nitrogen and oxygen atoms in total. The monoisotopic (exact) mass is 390 g/mol. The third kappa shape index (κ3) is 4.37. The van der Waals surface area contributed by atoms with E-state index in [1.165, 1.54) is 17.7 Å². The number of carbonyl (C=O) groups excluding carboxylic acids is 1. The molecule has 0 aromatic heterocycles. The van der Waals surface area contributed by atoms with Crippen LogP contribution in [0.3, 0.4) is 0 Å². The predicted molar refractivity (Wildman–Crippen MR) is 101 cm³/mol. The van der Waals surface area contributed by atoms with Crippen molar-refractivity contribution in [2.75, 3.05) is 20.2 Å². The maximum absolute atomic E-state index is 12.2. The highest BCUT2D eigenvalue weighted by Crippen LogP contribution is 2.37. The molecule has 3 rings (SSSR count). The van der Waals surface area contributed by atoms with Crippen LogP contribution in [0.5, 0.6) is 11.5 Å². The number of carboxylic acid groups (broad SMARTS) is 1. The Bertz CT molecular complexity index is 749. The summed E-state index contributed by atoms with van der Waals surface area (Å²) in [6, 6.07) is 5.95. The van der Waals surface area contributed by atoms with Crippen LogP contribution in [0.15, 0.2) is 23.4 Å². The lowest BCUT2D eigenvalue weighted by molar-refractivity contribution is -0.132. The molecule has 1 aromatic carbocycles. The zero-order valence-corrected chi connectivity index (χ0v) is 16.0. The molecule has 152 valence electrons. The van der Waals surface area contributed by atoms with Gasteiger partial charge in [-0.3, -0.25) is 4.79 Å². The van der Waals surface area contributed by atoms with E-state index in [0.29, 0.717) is 31.7 Å². The lowest BCUT2D eigenvalue weighted by Gasteiger charge is -2.32. The van der Waals surface area contributed by atoms with Gasteiger partial charge in [-0.25, -0.2) is 4.79 Å². The molecule has 1 aliphatic heterocycles. The van der Waals surface area contributed by atoms with Crippen LogP contribution in [0.25, 0.3) is 0 Å². The van der Waals surface area contributed by atoms with Crippen LogP contribution >= 0.6 is 0 Å². The fourth-order valence-corrected chi connectivity index (χ4v) is 3.97. The van der Waals surface area contributed by atoms with Crippen LogP contribution in [-0.2, 0) is 9.59 Å². The maximum atomic E-state index is 12.2. The Morgan fingerprint density at radius 2 is 1.79 bits per heavy atom. The number of carboxylic acids is 1. The van der Waals surface area contributed by atoms with E-state index in [4.69, 9.17) is 19.8 Å². The summed E-state index contributed by atoms with van der Waals surface area (Å²) < 4.78 is 11.6. The van der Waals surface area contributed by atoms with Crippen molar-refractivity contribution >= 4 is 17.6 Å². The second-order valence-corrected chi connectivity index (χ2v) is 7.25. The topological polar surface area (TPSA) is 109 Å². The van der Waals surface area contributed by atoms with Gasteiger partial charge >= 0.3 is 5.97 Å². The summed E-state index contributed by atoms with van der Waals surface area (Å²) in [6.07, 6.45) is 6.12. The molecular formula is C20H26N2O6. The summed E-state index contributed by atoms with van der Waals surface area (Å²) >= 11 is 0. The molecule has 1 saturated heterocycles. The second kappa shape index (κ2) is 8.95. The molecule has 0 bridgehead atoms. The lowest BCUT2D eigenvalue weighted by Crippen LogP contribution is -2.44. The number of oxime groups is 1. The van der Waals surface area contributed by atoms with Gasteiger partial charge in [-0.15, -0.1) is 0 Å². The number of nitrogens with zero attached hydrogens (tertiary/aromatic N) is 2. The highest BCUT2D eigenvalue weighted by Gasteiger charge is 2.30. The third-order valence-corrected chi connectivity index (χ3v) is 5.54. The van der Waals surface area contributed by atoms with Gasteiger partial charge in [-0.05, 0) is 62.1 Å². The van der Waals surface area contributed by atoms with Crippen molar-refractivity contribution in [2.45, 2.75) is 50.5 Å². The molecule has 8 heteroatoms. The summed E-state index contributed by atoms with van der Waals surface area (Å²) in [7, 11) is 1.63. The number of ether oxygens (including phenoxy) is 2. The van der Waals surface area contributed by atoms with Crippen molar-refractivity contribution in [1.82, 2.24) is 4.90 Å². The van der Waals surface area contributed by atoms with Gasteiger partial charge in [-0.1, -0.05) is 11.2 Å². The first-order valence-corrected chi connectivity index (χ1v) is 9.62. The van der Waals surface area contributed by atoms with Crippen molar-refractivity contribution in [1.29, 1.82) is 0 Å². The van der Waals surface area contributed by atoms with Crippen molar-refractivity contribution in [3.8, 4) is 11.5 Å². The molecular weight excluding hydrogens is 364 g/mol. The SMILES string of the molecule is COc1ccc(C2CCN(C(=O)/C(=N/O)C(=O)O)CC2)cc1OC1CCCC1. The van der Waals surface area contributed by atoms with E-state index in [2.05, 4.69) is 5.16 Å². The Hall–Kier alpha value is -2.77. The van der Waals surface area contributed by atoms with Gasteiger partial charge in [0.05, 0.1) is 13.2 Å². The van der Waals surface area contributed by atoms with Gasteiger partial charge in [0, 0.05) is 13.1 Å². The van der Waals surface area contributed by atoms with Crippen LogP contribution in [0, 0.1) is 0 Å². The molecule has 1 aromatic rings. The standard InChI is InChI=1S/C20H26N2O6/c1-27-16-7-6-14(12-17(16)28-15-4-2-3-5-15)13-8-10-22(11-9-13)19(23)18(21-26)20(24)25/h6-7,12-13,15,26H,2-5,8-11H2,1H3,(H,24,25)/b21-18-. The molecule has 28 heavy (non-hydrogen) atoms. The predicted octanol–water partition coefficient (Wildman–Crippen LogP) is 2.64. The highest BCUT2D eigenvalue weighted by molar-refractivity contribution is 6.63. The molecule has 0 spiro atoms. The number of likely N-dealkylation sites (tertiary alicyclic amines) is 1. The van der Waals surface area contributed by atoms with Crippen LogP contribution in [0.4, 0.5) is 0 Å².